The van der Waals surface area contributed by atoms with Gasteiger partial charge in [0.05, 0.1) is 25.9 Å². The van der Waals surface area contributed by atoms with E-state index in [0.29, 0.717) is 39.3 Å². The normalized spacial score (nSPS) is 19.4. The fourth-order valence-corrected chi connectivity index (χ4v) is 1.67. The molecule has 19 heavy (non-hydrogen) atoms. The van der Waals surface area contributed by atoms with Crippen molar-refractivity contribution in [2.75, 3.05) is 59.1 Å². The number of hydrogen-bond donors (Lipinski definition) is 3. The third-order valence-corrected chi connectivity index (χ3v) is 2.47. The number of hydrogen-bond acceptors (Lipinski definition) is 6. The van der Waals surface area contributed by atoms with Gasteiger partial charge in [-0.2, -0.15) is 0 Å². The Morgan fingerprint density at radius 1 is 1.47 bits per heavy atom. The minimum Gasteiger partial charge on any atom is -0.379 e. The van der Waals surface area contributed by atoms with E-state index in [9.17, 15) is 4.79 Å². The monoisotopic (exact) mass is 276 g/mol. The molecule has 1 fully saturated rings. The van der Waals surface area contributed by atoms with Crippen molar-refractivity contribution in [3.8, 4) is 0 Å². The highest BCUT2D eigenvalue weighted by Gasteiger charge is 2.19. The summed E-state index contributed by atoms with van der Waals surface area (Å²) in [5.74, 6) is 0. The van der Waals surface area contributed by atoms with Crippen LogP contribution in [0.3, 0.4) is 0 Å². The average Bonchev–Trinajstić information content (AvgIpc) is 2.43. The number of amides is 1. The van der Waals surface area contributed by atoms with Crippen molar-refractivity contribution in [1.82, 2.24) is 10.2 Å². The molecule has 1 rings (SSSR count). The Bertz CT molecular complexity index is 207. The predicted molar refractivity (Wildman–Crippen MR) is 74.8 cm³/mol. The van der Waals surface area contributed by atoms with Crippen LogP contribution in [0.5, 0.6) is 0 Å². The molecule has 1 saturated heterocycles. The molecule has 1 atom stereocenters. The molecule has 0 bridgehead atoms. The molecular formula is C12H28N4O3. The van der Waals surface area contributed by atoms with Gasteiger partial charge in [-0.05, 0) is 6.54 Å². The second-order valence-electron chi connectivity index (χ2n) is 4.13. The van der Waals surface area contributed by atoms with Crippen LogP contribution in [0, 0.1) is 0 Å². The van der Waals surface area contributed by atoms with Crippen molar-refractivity contribution in [3.63, 3.8) is 0 Å². The van der Waals surface area contributed by atoms with Crippen molar-refractivity contribution in [2.24, 2.45) is 11.5 Å². The molecule has 0 spiro atoms. The third-order valence-electron chi connectivity index (χ3n) is 2.47. The fraction of sp³-hybridized carbons (Fsp3) is 0.917. The summed E-state index contributed by atoms with van der Waals surface area (Å²) in [6.45, 7) is 8.46. The lowest BCUT2D eigenvalue weighted by molar-refractivity contribution is -0.110. The molecule has 0 aromatic heterocycles. The minimum atomic E-state index is 0.0912. The fourth-order valence-electron chi connectivity index (χ4n) is 1.67. The number of rotatable bonds is 8. The van der Waals surface area contributed by atoms with Gasteiger partial charge in [0, 0.05) is 32.7 Å². The molecule has 114 valence electrons. The van der Waals surface area contributed by atoms with Crippen molar-refractivity contribution in [2.45, 2.75) is 13.0 Å². The van der Waals surface area contributed by atoms with Gasteiger partial charge in [0.25, 0.3) is 0 Å². The standard InChI is InChI=1S/C10H21N3O3.C2H7N/c11-1-4-15-5-2-13-3-6-16-10(8-13)7-12-9-14;1-2-3/h9-10H,1-8,11H2,(H,12,14);2-3H2,1H3. The summed E-state index contributed by atoms with van der Waals surface area (Å²) in [5, 5.41) is 2.63. The molecular weight excluding hydrogens is 248 g/mol. The zero-order valence-electron chi connectivity index (χ0n) is 11.8. The van der Waals surface area contributed by atoms with Gasteiger partial charge in [0.1, 0.15) is 0 Å². The lowest BCUT2D eigenvalue weighted by Gasteiger charge is -2.32. The molecule has 5 N–H and O–H groups in total. The van der Waals surface area contributed by atoms with Gasteiger partial charge < -0.3 is 26.3 Å². The Morgan fingerprint density at radius 3 is 2.84 bits per heavy atom. The first-order chi connectivity index (χ1) is 9.28. The van der Waals surface area contributed by atoms with Crippen LogP contribution < -0.4 is 16.8 Å². The number of nitrogens with two attached hydrogens (primary N) is 2. The molecule has 1 unspecified atom stereocenters. The number of ether oxygens (including phenoxy) is 2. The van der Waals surface area contributed by atoms with E-state index in [-0.39, 0.29) is 6.10 Å². The molecule has 0 radical (unpaired) electrons. The molecule has 1 aliphatic heterocycles. The van der Waals surface area contributed by atoms with Crippen molar-refractivity contribution in [1.29, 1.82) is 0 Å². The van der Waals surface area contributed by atoms with E-state index >= 15 is 0 Å². The summed E-state index contributed by atoms with van der Waals surface area (Å²) in [6.07, 6.45) is 0.792. The van der Waals surface area contributed by atoms with Gasteiger partial charge in [-0.1, -0.05) is 6.92 Å². The molecule has 0 saturated carbocycles. The summed E-state index contributed by atoms with van der Waals surface area (Å²) >= 11 is 0. The van der Waals surface area contributed by atoms with Gasteiger partial charge in [-0.3, -0.25) is 9.69 Å². The number of carbonyl (C=O) groups is 1. The first kappa shape index (κ1) is 18.3. The quantitative estimate of drug-likeness (QED) is 0.363. The Morgan fingerprint density at radius 2 is 2.21 bits per heavy atom. The smallest absolute Gasteiger partial charge is 0.207 e. The maximum absolute atomic E-state index is 10.2. The molecule has 1 aliphatic rings. The largest absolute Gasteiger partial charge is 0.379 e. The van der Waals surface area contributed by atoms with Gasteiger partial charge >= 0.3 is 0 Å². The Hall–Kier alpha value is -0.730. The second-order valence-corrected chi connectivity index (χ2v) is 4.13. The van der Waals surface area contributed by atoms with Crippen molar-refractivity contribution >= 4 is 6.41 Å². The lowest BCUT2D eigenvalue weighted by Crippen LogP contribution is -2.47. The molecule has 1 heterocycles. The second kappa shape index (κ2) is 13.7. The van der Waals surface area contributed by atoms with E-state index in [4.69, 9.17) is 20.9 Å². The first-order valence-corrected chi connectivity index (χ1v) is 6.77. The molecule has 7 heteroatoms. The van der Waals surface area contributed by atoms with Crippen LogP contribution in [0.4, 0.5) is 0 Å². The van der Waals surface area contributed by atoms with Gasteiger partial charge in [-0.15, -0.1) is 0 Å². The maximum Gasteiger partial charge on any atom is 0.207 e. The van der Waals surface area contributed by atoms with Crippen molar-refractivity contribution in [3.05, 3.63) is 0 Å². The van der Waals surface area contributed by atoms with E-state index in [2.05, 4.69) is 10.2 Å². The summed E-state index contributed by atoms with van der Waals surface area (Å²) in [4.78, 5) is 12.4. The highest BCUT2D eigenvalue weighted by Crippen LogP contribution is 2.03. The SMILES string of the molecule is CCN.NCCOCCN1CCOC(CNC=O)C1. The van der Waals surface area contributed by atoms with Crippen LogP contribution in [0.15, 0.2) is 0 Å². The minimum absolute atomic E-state index is 0.0912. The van der Waals surface area contributed by atoms with Crippen LogP contribution in [-0.4, -0.2) is 76.5 Å². The number of carbonyl (C=O) groups excluding carboxylic acids is 1. The van der Waals surface area contributed by atoms with Gasteiger partial charge in [-0.25, -0.2) is 0 Å². The molecule has 7 nitrogen and oxygen atoms in total. The van der Waals surface area contributed by atoms with Crippen LogP contribution in [0.2, 0.25) is 0 Å². The molecule has 1 amide bonds. The van der Waals surface area contributed by atoms with Crippen LogP contribution >= 0.6 is 0 Å². The Kier molecular flexibility index (Phi) is 13.2. The summed E-state index contributed by atoms with van der Waals surface area (Å²) in [6, 6.07) is 0. The summed E-state index contributed by atoms with van der Waals surface area (Å²) < 4.78 is 10.8. The van der Waals surface area contributed by atoms with Gasteiger partial charge in [0.2, 0.25) is 6.41 Å². The third kappa shape index (κ3) is 10.8. The Balaban J connectivity index is 0.000000982. The summed E-state index contributed by atoms with van der Waals surface area (Å²) in [5.41, 5.74) is 10.2. The Labute approximate surface area is 115 Å². The molecule has 0 aromatic carbocycles. The van der Waals surface area contributed by atoms with E-state index in [0.717, 1.165) is 26.2 Å². The number of nitrogens with one attached hydrogen (secondary N) is 1. The highest BCUT2D eigenvalue weighted by atomic mass is 16.5. The zero-order chi connectivity index (χ0) is 14.3. The predicted octanol–water partition coefficient (Wildman–Crippen LogP) is -1.63. The van der Waals surface area contributed by atoms with E-state index < -0.39 is 0 Å². The molecule has 0 aromatic rings. The summed E-state index contributed by atoms with van der Waals surface area (Å²) in [7, 11) is 0. The van der Waals surface area contributed by atoms with Crippen LogP contribution in [0.25, 0.3) is 0 Å². The van der Waals surface area contributed by atoms with E-state index in [1.165, 1.54) is 0 Å². The lowest BCUT2D eigenvalue weighted by atomic mass is 10.2. The average molecular weight is 276 g/mol. The van der Waals surface area contributed by atoms with Crippen molar-refractivity contribution < 1.29 is 14.3 Å². The van der Waals surface area contributed by atoms with Crippen LogP contribution in [-0.2, 0) is 14.3 Å². The van der Waals surface area contributed by atoms with E-state index in [1.807, 2.05) is 6.92 Å². The maximum atomic E-state index is 10.2. The highest BCUT2D eigenvalue weighted by molar-refractivity contribution is 5.45. The molecule has 0 aliphatic carbocycles. The van der Waals surface area contributed by atoms with Crippen LogP contribution in [0.1, 0.15) is 6.92 Å². The van der Waals surface area contributed by atoms with E-state index in [1.54, 1.807) is 0 Å². The van der Waals surface area contributed by atoms with Gasteiger partial charge in [0.15, 0.2) is 0 Å². The topological polar surface area (TPSA) is 103 Å². The first-order valence-electron chi connectivity index (χ1n) is 6.77. The number of nitrogens with zero attached hydrogens (tertiary/aromatic N) is 1. The zero-order valence-corrected chi connectivity index (χ0v) is 11.8. The number of morpholine rings is 1.